The minimum absolute atomic E-state index is 0.0144. The third-order valence-electron chi connectivity index (χ3n) is 4.59. The van der Waals surface area contributed by atoms with Crippen molar-refractivity contribution < 1.29 is 4.74 Å². The molecule has 4 rings (SSSR count). The molecule has 0 unspecified atom stereocenters. The molecule has 0 amide bonds. The molecule has 0 aromatic carbocycles. The molecule has 29 heavy (non-hydrogen) atoms. The van der Waals surface area contributed by atoms with Crippen LogP contribution in [0.3, 0.4) is 0 Å². The van der Waals surface area contributed by atoms with E-state index < -0.39 is 0 Å². The van der Waals surface area contributed by atoms with Crippen molar-refractivity contribution in [2.75, 3.05) is 30.8 Å². The van der Waals surface area contributed by atoms with Crippen LogP contribution in [0.25, 0.3) is 11.1 Å². The van der Waals surface area contributed by atoms with Crippen LogP contribution in [-0.2, 0) is 7.05 Å². The van der Waals surface area contributed by atoms with Crippen molar-refractivity contribution in [1.82, 2.24) is 30.0 Å². The van der Waals surface area contributed by atoms with Gasteiger partial charge in [0.05, 0.1) is 12.4 Å². The van der Waals surface area contributed by atoms with Crippen molar-refractivity contribution in [3.63, 3.8) is 0 Å². The quantitative estimate of drug-likeness (QED) is 0.575. The van der Waals surface area contributed by atoms with Crippen molar-refractivity contribution in [1.29, 1.82) is 5.26 Å². The van der Waals surface area contributed by atoms with E-state index in [9.17, 15) is 5.26 Å². The monoisotopic (exact) mass is 391 g/mol. The molecule has 1 fully saturated rings. The van der Waals surface area contributed by atoms with Crippen LogP contribution < -0.4 is 20.7 Å². The summed E-state index contributed by atoms with van der Waals surface area (Å²) in [5.74, 6) is 1.27. The Morgan fingerprint density at radius 2 is 2.17 bits per heavy atom. The molecule has 10 nitrogen and oxygen atoms in total. The van der Waals surface area contributed by atoms with E-state index in [2.05, 4.69) is 36.0 Å². The van der Waals surface area contributed by atoms with Gasteiger partial charge in [-0.25, -0.2) is 9.97 Å². The topological polar surface area (TPSA) is 126 Å². The molecule has 10 heteroatoms. The number of hydrogen-bond acceptors (Lipinski definition) is 9. The van der Waals surface area contributed by atoms with Crippen molar-refractivity contribution in [3.05, 3.63) is 36.5 Å². The third-order valence-corrected chi connectivity index (χ3v) is 4.59. The Balaban J connectivity index is 1.57. The first-order chi connectivity index (χ1) is 14.2. The lowest BCUT2D eigenvalue weighted by atomic mass is 10.1. The molecular formula is C19H21N9O. The number of aromatic nitrogens is 5. The van der Waals surface area contributed by atoms with E-state index >= 15 is 0 Å². The number of hydrogen-bond donors (Lipinski definition) is 3. The van der Waals surface area contributed by atoms with Gasteiger partial charge in [-0.05, 0) is 13.0 Å². The SMILES string of the molecule is CNc1cc(Nc2cnc(C#N)c(O[C@H]3CCNC3)n2)ncc1-c1cnn(C)c1. The zero-order chi connectivity index (χ0) is 20.2. The van der Waals surface area contributed by atoms with Crippen molar-refractivity contribution in [2.45, 2.75) is 12.5 Å². The molecule has 0 saturated carbocycles. The predicted molar refractivity (Wildman–Crippen MR) is 108 cm³/mol. The van der Waals surface area contributed by atoms with Gasteiger partial charge in [-0.1, -0.05) is 0 Å². The van der Waals surface area contributed by atoms with Gasteiger partial charge in [0.15, 0.2) is 5.82 Å². The third kappa shape index (κ3) is 4.09. The second-order valence-electron chi connectivity index (χ2n) is 6.65. The normalized spacial score (nSPS) is 15.7. The average molecular weight is 391 g/mol. The van der Waals surface area contributed by atoms with Gasteiger partial charge in [0.2, 0.25) is 5.69 Å². The molecular weight excluding hydrogens is 370 g/mol. The van der Waals surface area contributed by atoms with Gasteiger partial charge in [-0.15, -0.1) is 0 Å². The van der Waals surface area contributed by atoms with Crippen LogP contribution in [0.15, 0.2) is 30.9 Å². The van der Waals surface area contributed by atoms with Crippen LogP contribution >= 0.6 is 0 Å². The molecule has 0 bridgehead atoms. The molecule has 148 valence electrons. The van der Waals surface area contributed by atoms with E-state index in [0.29, 0.717) is 11.6 Å². The van der Waals surface area contributed by atoms with Gasteiger partial charge >= 0.3 is 0 Å². The fourth-order valence-electron chi connectivity index (χ4n) is 3.13. The predicted octanol–water partition coefficient (Wildman–Crippen LogP) is 1.67. The highest BCUT2D eigenvalue weighted by atomic mass is 16.5. The Labute approximate surface area is 168 Å². The van der Waals surface area contributed by atoms with Crippen molar-refractivity contribution in [3.8, 4) is 23.1 Å². The Morgan fingerprint density at radius 3 is 2.86 bits per heavy atom. The molecule has 3 N–H and O–H groups in total. The lowest BCUT2D eigenvalue weighted by Crippen LogP contribution is -2.21. The van der Waals surface area contributed by atoms with E-state index in [4.69, 9.17) is 4.74 Å². The van der Waals surface area contributed by atoms with Gasteiger partial charge in [-0.2, -0.15) is 15.3 Å². The summed E-state index contributed by atoms with van der Waals surface area (Å²) in [5, 5.41) is 23.0. The molecule has 1 aliphatic heterocycles. The zero-order valence-electron chi connectivity index (χ0n) is 16.2. The summed E-state index contributed by atoms with van der Waals surface area (Å²) in [5.41, 5.74) is 2.97. The highest BCUT2D eigenvalue weighted by molar-refractivity contribution is 5.78. The van der Waals surface area contributed by atoms with E-state index in [1.807, 2.05) is 32.4 Å². The number of ether oxygens (including phenoxy) is 1. The second-order valence-corrected chi connectivity index (χ2v) is 6.65. The van der Waals surface area contributed by atoms with Crippen molar-refractivity contribution in [2.24, 2.45) is 7.05 Å². The van der Waals surface area contributed by atoms with E-state index in [0.717, 1.165) is 36.3 Å². The van der Waals surface area contributed by atoms with Gasteiger partial charge in [0.25, 0.3) is 5.88 Å². The van der Waals surface area contributed by atoms with Crippen LogP contribution in [-0.4, -0.2) is 51.0 Å². The Kier molecular flexibility index (Phi) is 5.22. The zero-order valence-corrected chi connectivity index (χ0v) is 16.2. The van der Waals surface area contributed by atoms with Crippen LogP contribution in [0.4, 0.5) is 17.3 Å². The molecule has 3 aromatic rings. The second kappa shape index (κ2) is 8.12. The van der Waals surface area contributed by atoms with E-state index in [-0.39, 0.29) is 17.7 Å². The minimum atomic E-state index is -0.0144. The number of nitrogens with one attached hydrogen (secondary N) is 3. The number of nitrogens with zero attached hydrogens (tertiary/aromatic N) is 6. The van der Waals surface area contributed by atoms with Crippen LogP contribution in [0.2, 0.25) is 0 Å². The maximum absolute atomic E-state index is 9.29. The fraction of sp³-hybridized carbons (Fsp3) is 0.316. The molecule has 1 atom stereocenters. The maximum atomic E-state index is 9.29. The summed E-state index contributed by atoms with van der Waals surface area (Å²) in [6.45, 7) is 1.62. The molecule has 3 aromatic heterocycles. The summed E-state index contributed by atoms with van der Waals surface area (Å²) >= 11 is 0. The standard InChI is InChI=1S/C19H21N9O/c1-21-15-5-17(24-9-14(15)12-7-25-28(2)11-12)26-18-10-23-16(6-20)19(27-18)29-13-3-4-22-8-13/h5,7,9-11,13,22H,3-4,8H2,1-2H3,(H2,21,24,26,27)/t13-/m0/s1. The Bertz CT molecular complexity index is 1050. The minimum Gasteiger partial charge on any atom is -0.471 e. The summed E-state index contributed by atoms with van der Waals surface area (Å²) in [6, 6.07) is 3.90. The maximum Gasteiger partial charge on any atom is 0.253 e. The molecule has 0 radical (unpaired) electrons. The highest BCUT2D eigenvalue weighted by Crippen LogP contribution is 2.29. The number of aryl methyl sites for hydroxylation is 1. The summed E-state index contributed by atoms with van der Waals surface area (Å²) < 4.78 is 7.60. The average Bonchev–Trinajstić information content (AvgIpc) is 3.40. The fourth-order valence-corrected chi connectivity index (χ4v) is 3.13. The van der Waals surface area contributed by atoms with E-state index in [1.54, 1.807) is 17.1 Å². The molecule has 4 heterocycles. The molecule has 1 aliphatic rings. The first-order valence-electron chi connectivity index (χ1n) is 9.24. The lowest BCUT2D eigenvalue weighted by Gasteiger charge is -2.14. The van der Waals surface area contributed by atoms with Crippen molar-refractivity contribution >= 4 is 17.3 Å². The van der Waals surface area contributed by atoms with Gasteiger partial charge in [-0.3, -0.25) is 4.68 Å². The number of anilines is 3. The first-order valence-corrected chi connectivity index (χ1v) is 9.24. The van der Waals surface area contributed by atoms with Crippen LogP contribution in [0, 0.1) is 11.3 Å². The van der Waals surface area contributed by atoms with Crippen LogP contribution in [0.5, 0.6) is 5.88 Å². The molecule has 1 saturated heterocycles. The molecule has 0 spiro atoms. The lowest BCUT2D eigenvalue weighted by molar-refractivity contribution is 0.212. The van der Waals surface area contributed by atoms with E-state index in [1.165, 1.54) is 6.20 Å². The number of rotatable bonds is 6. The largest absolute Gasteiger partial charge is 0.471 e. The smallest absolute Gasteiger partial charge is 0.253 e. The Morgan fingerprint density at radius 1 is 1.28 bits per heavy atom. The molecule has 0 aliphatic carbocycles. The van der Waals surface area contributed by atoms with Gasteiger partial charge in [0, 0.05) is 55.9 Å². The number of pyridine rings is 1. The summed E-state index contributed by atoms with van der Waals surface area (Å²) in [6.07, 6.45) is 7.83. The van der Waals surface area contributed by atoms with Crippen LogP contribution in [0.1, 0.15) is 12.1 Å². The first kappa shape index (κ1) is 18.6. The summed E-state index contributed by atoms with van der Waals surface area (Å²) in [7, 11) is 3.72. The highest BCUT2D eigenvalue weighted by Gasteiger charge is 2.19. The Hall–Kier alpha value is -3.71. The van der Waals surface area contributed by atoms with Gasteiger partial charge in [0.1, 0.15) is 18.0 Å². The number of nitriles is 1. The summed E-state index contributed by atoms with van der Waals surface area (Å²) in [4.78, 5) is 13.1. The van der Waals surface area contributed by atoms with Gasteiger partial charge < -0.3 is 20.7 Å².